The number of hydrogen-bond donors (Lipinski definition) is 2. The van der Waals surface area contributed by atoms with E-state index in [-0.39, 0.29) is 30.8 Å². The Bertz CT molecular complexity index is 1650. The van der Waals surface area contributed by atoms with Gasteiger partial charge in [-0.05, 0) is 41.3 Å². The third kappa shape index (κ3) is 7.10. The van der Waals surface area contributed by atoms with Gasteiger partial charge >= 0.3 is 0 Å². The lowest BCUT2D eigenvalue weighted by Gasteiger charge is -2.37. The van der Waals surface area contributed by atoms with Crippen molar-refractivity contribution in [1.29, 1.82) is 0 Å². The van der Waals surface area contributed by atoms with Crippen molar-refractivity contribution in [1.82, 2.24) is 19.8 Å². The van der Waals surface area contributed by atoms with Crippen LogP contribution in [0.2, 0.25) is 0 Å². The van der Waals surface area contributed by atoms with Crippen molar-refractivity contribution in [3.63, 3.8) is 0 Å². The third-order valence-electron chi connectivity index (χ3n) is 7.51. The molecule has 0 spiro atoms. The maximum atomic E-state index is 14.3. The van der Waals surface area contributed by atoms with Crippen LogP contribution in [0.15, 0.2) is 128 Å². The van der Waals surface area contributed by atoms with E-state index >= 15 is 0 Å². The quantitative estimate of drug-likeness (QED) is 0.227. The predicted molar refractivity (Wildman–Crippen MR) is 167 cm³/mol. The summed E-state index contributed by atoms with van der Waals surface area (Å²) >= 11 is 0. The minimum absolute atomic E-state index is 0.0765. The number of imide groups is 1. The summed E-state index contributed by atoms with van der Waals surface area (Å²) in [4.78, 5) is 48.2. The van der Waals surface area contributed by atoms with Crippen molar-refractivity contribution in [2.45, 2.75) is 38.4 Å². The molecule has 5 rings (SSSR count). The summed E-state index contributed by atoms with van der Waals surface area (Å²) in [5.74, 6) is -1.48. The molecule has 0 bridgehead atoms. The van der Waals surface area contributed by atoms with Crippen LogP contribution >= 0.6 is 0 Å². The van der Waals surface area contributed by atoms with E-state index in [0.29, 0.717) is 6.54 Å². The van der Waals surface area contributed by atoms with Gasteiger partial charge in [-0.3, -0.25) is 19.3 Å². The Morgan fingerprint density at radius 1 is 0.727 bits per heavy atom. The first kappa shape index (κ1) is 30.0. The van der Waals surface area contributed by atoms with E-state index in [4.69, 9.17) is 0 Å². The van der Waals surface area contributed by atoms with Crippen LogP contribution < -0.4 is 5.32 Å². The number of phenolic OH excluding ortho intramolecular Hbond substituents is 1. The monoisotopic (exact) mass is 586 g/mol. The molecule has 5 aromatic rings. The van der Waals surface area contributed by atoms with Crippen LogP contribution in [0.4, 0.5) is 0 Å². The highest BCUT2D eigenvalue weighted by molar-refractivity contribution is 6.03. The van der Waals surface area contributed by atoms with Gasteiger partial charge in [0.15, 0.2) is 5.54 Å². The molecule has 3 amide bonds. The maximum Gasteiger partial charge on any atom is 0.252 e. The zero-order chi connectivity index (χ0) is 30.9. The highest BCUT2D eigenvalue weighted by Crippen LogP contribution is 2.30. The first-order chi connectivity index (χ1) is 21.3. The fourth-order valence-electron chi connectivity index (χ4n) is 5.13. The molecule has 0 saturated carbocycles. The number of benzene rings is 4. The van der Waals surface area contributed by atoms with Gasteiger partial charge in [0.1, 0.15) is 5.75 Å². The van der Waals surface area contributed by atoms with Crippen LogP contribution in [0, 0.1) is 0 Å². The van der Waals surface area contributed by atoms with E-state index in [2.05, 4.69) is 10.3 Å². The summed E-state index contributed by atoms with van der Waals surface area (Å²) in [6.07, 6.45) is 3.17. The fraction of sp³-hybridized carbons (Fsp3) is 0.167. The second-order valence-corrected chi connectivity index (χ2v) is 10.8. The van der Waals surface area contributed by atoms with E-state index < -0.39 is 23.3 Å². The number of aromatic nitrogens is 2. The van der Waals surface area contributed by atoms with Crippen molar-refractivity contribution >= 4 is 17.7 Å². The molecule has 222 valence electrons. The van der Waals surface area contributed by atoms with Gasteiger partial charge in [-0.1, -0.05) is 103 Å². The van der Waals surface area contributed by atoms with Crippen LogP contribution in [0.3, 0.4) is 0 Å². The Morgan fingerprint density at radius 2 is 1.23 bits per heavy atom. The van der Waals surface area contributed by atoms with Crippen LogP contribution in [-0.4, -0.2) is 37.3 Å². The van der Waals surface area contributed by atoms with E-state index in [9.17, 15) is 19.5 Å². The highest BCUT2D eigenvalue weighted by Gasteiger charge is 2.48. The maximum absolute atomic E-state index is 14.3. The number of aromatic hydroxyl groups is 1. The summed E-state index contributed by atoms with van der Waals surface area (Å²) in [6.45, 7) is 2.18. The number of amides is 3. The third-order valence-corrected chi connectivity index (χ3v) is 7.51. The summed E-state index contributed by atoms with van der Waals surface area (Å²) in [5, 5.41) is 12.6. The molecule has 8 heteroatoms. The standard InChI is InChI=1S/C36H34N4O4/c1-36(35(44)37-23-29-17-19-31(41)20-18-29,32-25-39(26-38-32)24-30-15-9-4-10-16-30)40(33(42)21-27-11-5-2-6-12-27)34(43)22-28-13-7-3-8-14-28/h2-20,25-26,41H,21-24H2,1H3,(H,37,44). The topological polar surface area (TPSA) is 105 Å². The Morgan fingerprint density at radius 3 is 1.75 bits per heavy atom. The van der Waals surface area contributed by atoms with E-state index in [0.717, 1.165) is 27.2 Å². The molecule has 1 unspecified atom stereocenters. The molecule has 4 aromatic carbocycles. The van der Waals surface area contributed by atoms with Crippen LogP contribution in [0.1, 0.15) is 34.9 Å². The van der Waals surface area contributed by atoms with Crippen LogP contribution in [-0.2, 0) is 45.9 Å². The van der Waals surface area contributed by atoms with E-state index in [1.54, 1.807) is 31.6 Å². The number of imidazole rings is 1. The summed E-state index contributed by atoms with van der Waals surface area (Å²) < 4.78 is 1.83. The van der Waals surface area contributed by atoms with Crippen molar-refractivity contribution in [3.05, 3.63) is 156 Å². The number of hydrogen-bond acceptors (Lipinski definition) is 5. The van der Waals surface area contributed by atoms with Gasteiger partial charge in [0.2, 0.25) is 11.8 Å². The number of phenols is 1. The average molecular weight is 587 g/mol. The Labute approximate surface area is 256 Å². The molecule has 1 aromatic heterocycles. The second kappa shape index (κ2) is 13.6. The largest absolute Gasteiger partial charge is 0.508 e. The number of nitrogens with one attached hydrogen (secondary N) is 1. The van der Waals surface area contributed by atoms with Crippen molar-refractivity contribution < 1.29 is 19.5 Å². The van der Waals surface area contributed by atoms with Gasteiger partial charge in [0, 0.05) is 19.3 Å². The molecule has 0 aliphatic heterocycles. The van der Waals surface area contributed by atoms with E-state index in [1.165, 1.54) is 12.1 Å². The zero-order valence-electron chi connectivity index (χ0n) is 24.5. The molecule has 44 heavy (non-hydrogen) atoms. The smallest absolute Gasteiger partial charge is 0.252 e. The van der Waals surface area contributed by atoms with Gasteiger partial charge in [0.25, 0.3) is 5.91 Å². The number of carbonyl (C=O) groups is 3. The SMILES string of the molecule is CC(C(=O)NCc1ccc(O)cc1)(c1cn(Cc2ccccc2)cn1)N(C(=O)Cc1ccccc1)C(=O)Cc1ccccc1. The van der Waals surface area contributed by atoms with Crippen LogP contribution in [0.25, 0.3) is 0 Å². The zero-order valence-corrected chi connectivity index (χ0v) is 24.5. The number of rotatable bonds is 11. The van der Waals surface area contributed by atoms with Gasteiger partial charge < -0.3 is 15.0 Å². The molecule has 2 N–H and O–H groups in total. The molecule has 1 heterocycles. The molecule has 0 aliphatic carbocycles. The summed E-state index contributed by atoms with van der Waals surface area (Å²) in [6, 6.07) is 34.5. The molecule has 0 saturated heterocycles. The Hall–Kier alpha value is -5.50. The predicted octanol–water partition coefficient (Wildman–Crippen LogP) is 5.01. The van der Waals surface area contributed by atoms with Gasteiger partial charge in [0.05, 0.1) is 24.9 Å². The first-order valence-corrected chi connectivity index (χ1v) is 14.4. The van der Waals surface area contributed by atoms with Crippen molar-refractivity contribution in [3.8, 4) is 5.75 Å². The molecular formula is C36H34N4O4. The lowest BCUT2D eigenvalue weighted by molar-refractivity contribution is -0.158. The Balaban J connectivity index is 1.54. The van der Waals surface area contributed by atoms with E-state index in [1.807, 2.05) is 95.6 Å². The number of nitrogens with zero attached hydrogens (tertiary/aromatic N) is 3. The minimum Gasteiger partial charge on any atom is -0.508 e. The van der Waals surface area contributed by atoms with Crippen molar-refractivity contribution in [2.24, 2.45) is 0 Å². The average Bonchev–Trinajstić information content (AvgIpc) is 3.51. The lowest BCUT2D eigenvalue weighted by Crippen LogP contribution is -2.59. The lowest BCUT2D eigenvalue weighted by atomic mass is 9.92. The molecule has 0 fully saturated rings. The second-order valence-electron chi connectivity index (χ2n) is 10.8. The molecular weight excluding hydrogens is 552 g/mol. The van der Waals surface area contributed by atoms with Gasteiger partial charge in [-0.2, -0.15) is 0 Å². The minimum atomic E-state index is -1.78. The molecule has 0 radical (unpaired) electrons. The van der Waals surface area contributed by atoms with Crippen LogP contribution in [0.5, 0.6) is 5.75 Å². The highest BCUT2D eigenvalue weighted by atomic mass is 16.3. The van der Waals surface area contributed by atoms with Gasteiger partial charge in [-0.15, -0.1) is 0 Å². The molecule has 0 aliphatic rings. The molecule has 1 atom stereocenters. The Kier molecular flexibility index (Phi) is 9.30. The van der Waals surface area contributed by atoms with Crippen molar-refractivity contribution in [2.75, 3.05) is 0 Å². The summed E-state index contributed by atoms with van der Waals surface area (Å²) in [7, 11) is 0. The molecule has 8 nitrogen and oxygen atoms in total. The summed E-state index contributed by atoms with van der Waals surface area (Å²) in [5.41, 5.74) is 1.70. The number of carbonyl (C=O) groups excluding carboxylic acids is 3. The first-order valence-electron chi connectivity index (χ1n) is 14.4. The van der Waals surface area contributed by atoms with Gasteiger partial charge in [-0.25, -0.2) is 4.98 Å². The normalized spacial score (nSPS) is 12.2. The fourth-order valence-corrected chi connectivity index (χ4v) is 5.13.